The Bertz CT molecular complexity index is 835. The molecule has 0 aliphatic heterocycles. The molecule has 0 spiro atoms. The van der Waals surface area contributed by atoms with E-state index in [9.17, 15) is 14.7 Å². The fourth-order valence-electron chi connectivity index (χ4n) is 2.30. The summed E-state index contributed by atoms with van der Waals surface area (Å²) >= 11 is -0.272. The first-order valence-corrected chi connectivity index (χ1v) is 8.16. The predicted molar refractivity (Wildman–Crippen MR) is 82.0 cm³/mol. The average molecular weight is 346 g/mol. The van der Waals surface area contributed by atoms with Crippen molar-refractivity contribution in [3.8, 4) is 0 Å². The second-order valence-electron chi connectivity index (χ2n) is 4.76. The number of carboxylic acid groups (broad SMARTS) is 1. The van der Waals surface area contributed by atoms with Gasteiger partial charge in [0.2, 0.25) is 0 Å². The van der Waals surface area contributed by atoms with Crippen LogP contribution in [0, 0.1) is 0 Å². The average Bonchev–Trinajstić information content (AvgIpc) is 2.83. The molecule has 1 aromatic heterocycles. The monoisotopic (exact) mass is 347 g/mol. The van der Waals surface area contributed by atoms with Crippen LogP contribution in [0.1, 0.15) is 11.6 Å². The molecule has 5 heteroatoms. The Morgan fingerprint density at radius 2 is 1.76 bits per heavy atom. The third-order valence-electron chi connectivity index (χ3n) is 3.35. The first-order valence-electron chi connectivity index (χ1n) is 6.54. The van der Waals surface area contributed by atoms with E-state index in [2.05, 4.69) is 0 Å². The van der Waals surface area contributed by atoms with Gasteiger partial charge in [-0.05, 0) is 0 Å². The maximum atomic E-state index is 12.4. The van der Waals surface area contributed by atoms with Gasteiger partial charge in [0.15, 0.2) is 0 Å². The van der Waals surface area contributed by atoms with Gasteiger partial charge in [0.25, 0.3) is 0 Å². The molecule has 0 unspecified atom stereocenters. The number of carbonyl (C=O) groups is 1. The molecule has 2 aromatic carbocycles. The minimum atomic E-state index is -0.957. The van der Waals surface area contributed by atoms with Gasteiger partial charge in [-0.15, -0.1) is 0 Å². The molecule has 3 rings (SSSR count). The Kier molecular flexibility index (Phi) is 3.77. The van der Waals surface area contributed by atoms with E-state index < -0.39 is 12.0 Å². The van der Waals surface area contributed by atoms with Crippen LogP contribution >= 0.6 is 0 Å². The van der Waals surface area contributed by atoms with Crippen molar-refractivity contribution in [1.82, 2.24) is 3.56 Å². The van der Waals surface area contributed by atoms with Crippen molar-refractivity contribution in [2.45, 2.75) is 12.5 Å². The third-order valence-corrected chi connectivity index (χ3v) is 5.81. The van der Waals surface area contributed by atoms with Gasteiger partial charge in [0.1, 0.15) is 0 Å². The third kappa shape index (κ3) is 2.71. The zero-order valence-corrected chi connectivity index (χ0v) is 12.8. The molecule has 1 atom stereocenters. The zero-order chi connectivity index (χ0) is 14.8. The topological polar surface area (TPSA) is 59.3 Å². The number of carboxylic acids is 1. The van der Waals surface area contributed by atoms with Crippen LogP contribution in [0.25, 0.3) is 9.65 Å². The molecule has 0 saturated carbocycles. The van der Waals surface area contributed by atoms with E-state index in [1.165, 1.54) is 3.56 Å². The normalized spacial score (nSPS) is 12.4. The number of aliphatic carboxylic acids is 1. The van der Waals surface area contributed by atoms with Crippen molar-refractivity contribution in [3.63, 3.8) is 0 Å². The number of nitrogens with zero attached hydrogens (tertiary/aromatic N) is 1. The quantitative estimate of drug-likeness (QED) is 0.735. The van der Waals surface area contributed by atoms with Crippen molar-refractivity contribution < 1.29 is 9.90 Å². The molecule has 0 fully saturated rings. The molecular formula is C16H13NO3Se. The Morgan fingerprint density at radius 1 is 1.10 bits per heavy atom. The number of hydrogen-bond donors (Lipinski definition) is 1. The van der Waals surface area contributed by atoms with Crippen LogP contribution in [-0.4, -0.2) is 29.4 Å². The van der Waals surface area contributed by atoms with Crippen LogP contribution in [0.2, 0.25) is 0 Å². The van der Waals surface area contributed by atoms with Crippen molar-refractivity contribution in [2.24, 2.45) is 0 Å². The standard InChI is InChI=1S/C16H13NO3Se/c18-15-12-8-4-5-9-14(12)21-17(15)13(16(19)20)10-11-6-2-1-3-7-11/h1-9,13H,10H2,(H,19,20)/t13-/m0/s1. The van der Waals surface area contributed by atoms with Crippen LogP contribution in [0.15, 0.2) is 59.4 Å². The minimum absolute atomic E-state index is 0.172. The van der Waals surface area contributed by atoms with E-state index in [1.807, 2.05) is 48.5 Å². The van der Waals surface area contributed by atoms with Gasteiger partial charge in [0.05, 0.1) is 0 Å². The first kappa shape index (κ1) is 13.9. The number of benzene rings is 2. The fraction of sp³-hybridized carbons (Fsp3) is 0.125. The summed E-state index contributed by atoms with van der Waals surface area (Å²) in [4.78, 5) is 24.0. The fourth-order valence-corrected chi connectivity index (χ4v) is 4.56. The van der Waals surface area contributed by atoms with Gasteiger partial charge in [0, 0.05) is 0 Å². The van der Waals surface area contributed by atoms with Gasteiger partial charge in [-0.3, -0.25) is 0 Å². The molecule has 1 N–H and O–H groups in total. The summed E-state index contributed by atoms with van der Waals surface area (Å²) < 4.78 is 2.46. The van der Waals surface area contributed by atoms with E-state index in [0.29, 0.717) is 11.8 Å². The maximum absolute atomic E-state index is 12.4. The molecule has 0 saturated heterocycles. The molecule has 3 aromatic rings. The summed E-state index contributed by atoms with van der Waals surface area (Å²) in [6, 6.07) is 15.9. The molecule has 1 heterocycles. The molecule has 0 bridgehead atoms. The van der Waals surface area contributed by atoms with Gasteiger partial charge < -0.3 is 0 Å². The van der Waals surface area contributed by atoms with Gasteiger partial charge in [-0.25, -0.2) is 0 Å². The molecule has 106 valence electrons. The molecule has 0 aliphatic rings. The van der Waals surface area contributed by atoms with Crippen molar-refractivity contribution in [2.75, 3.05) is 0 Å². The summed E-state index contributed by atoms with van der Waals surface area (Å²) in [6.07, 6.45) is 0.331. The van der Waals surface area contributed by atoms with E-state index in [0.717, 1.165) is 9.82 Å². The summed E-state index contributed by atoms with van der Waals surface area (Å²) in [5, 5.41) is 10.1. The Balaban J connectivity index is 2.06. The Morgan fingerprint density at radius 3 is 2.43 bits per heavy atom. The second-order valence-corrected chi connectivity index (χ2v) is 6.89. The molecule has 4 nitrogen and oxygen atoms in total. The Labute approximate surface area is 127 Å². The first-order chi connectivity index (χ1) is 10.2. The number of hydrogen-bond acceptors (Lipinski definition) is 2. The molecule has 0 amide bonds. The summed E-state index contributed by atoms with van der Waals surface area (Å²) in [7, 11) is 0. The van der Waals surface area contributed by atoms with Crippen LogP contribution in [0.3, 0.4) is 0 Å². The molecule has 0 aliphatic carbocycles. The number of fused-ring (bicyclic) bond motifs is 1. The molecular weight excluding hydrogens is 333 g/mol. The zero-order valence-electron chi connectivity index (χ0n) is 11.1. The summed E-state index contributed by atoms with van der Waals surface area (Å²) in [5.74, 6) is -0.957. The van der Waals surface area contributed by atoms with Crippen molar-refractivity contribution in [1.29, 1.82) is 0 Å². The molecule has 21 heavy (non-hydrogen) atoms. The van der Waals surface area contributed by atoms with E-state index in [1.54, 1.807) is 6.07 Å². The van der Waals surface area contributed by atoms with Crippen LogP contribution in [-0.2, 0) is 11.2 Å². The number of aromatic nitrogens is 1. The van der Waals surface area contributed by atoms with E-state index in [4.69, 9.17) is 0 Å². The van der Waals surface area contributed by atoms with E-state index in [-0.39, 0.29) is 20.3 Å². The molecule has 0 radical (unpaired) electrons. The van der Waals surface area contributed by atoms with Crippen molar-refractivity contribution in [3.05, 3.63) is 70.5 Å². The second kappa shape index (κ2) is 5.72. The van der Waals surface area contributed by atoms with Crippen LogP contribution in [0.5, 0.6) is 0 Å². The van der Waals surface area contributed by atoms with Crippen LogP contribution < -0.4 is 5.56 Å². The van der Waals surface area contributed by atoms with Crippen LogP contribution in [0.4, 0.5) is 0 Å². The predicted octanol–water partition coefficient (Wildman–Crippen LogP) is 1.93. The number of rotatable bonds is 4. The van der Waals surface area contributed by atoms with Gasteiger partial charge >= 0.3 is 127 Å². The van der Waals surface area contributed by atoms with Crippen molar-refractivity contribution >= 4 is 30.3 Å². The van der Waals surface area contributed by atoms with E-state index >= 15 is 0 Å². The van der Waals surface area contributed by atoms with Gasteiger partial charge in [-0.1, -0.05) is 0 Å². The summed E-state index contributed by atoms with van der Waals surface area (Å²) in [5.41, 5.74) is 0.749. The summed E-state index contributed by atoms with van der Waals surface area (Å²) in [6.45, 7) is 0. The van der Waals surface area contributed by atoms with Gasteiger partial charge in [-0.2, -0.15) is 0 Å². The Hall–Kier alpha value is -2.10. The SMILES string of the molecule is O=C(O)[C@H](Cc1ccccc1)n1[se]c2ccccc2c1=O.